The highest BCUT2D eigenvalue weighted by atomic mass is 16.2. The molecule has 0 radical (unpaired) electrons. The summed E-state index contributed by atoms with van der Waals surface area (Å²) in [5, 5.41) is 3.02. The predicted molar refractivity (Wildman–Crippen MR) is 87.2 cm³/mol. The summed E-state index contributed by atoms with van der Waals surface area (Å²) in [6, 6.07) is 8.34. The van der Waals surface area contributed by atoms with Gasteiger partial charge in [0.15, 0.2) is 0 Å². The standard InChI is InChI=1S/C17H27N3O/c1-3-20(16-10-6-8-14(16)11-18)12-17(21)19-15-9-5-4-7-13(15)2/h4-5,7,9,14,16H,3,6,8,10-12,18H2,1-2H3,(H,19,21). The number of hydrogen-bond donors (Lipinski definition) is 2. The van der Waals surface area contributed by atoms with Crippen LogP contribution in [-0.4, -0.2) is 36.5 Å². The fraction of sp³-hybridized carbons (Fsp3) is 0.588. The number of hydrogen-bond acceptors (Lipinski definition) is 3. The van der Waals surface area contributed by atoms with Crippen molar-refractivity contribution in [3.05, 3.63) is 29.8 Å². The maximum absolute atomic E-state index is 12.3. The van der Waals surface area contributed by atoms with Crippen LogP contribution in [0, 0.1) is 12.8 Å². The van der Waals surface area contributed by atoms with Crippen LogP contribution < -0.4 is 11.1 Å². The molecule has 0 aromatic heterocycles. The number of nitrogens with two attached hydrogens (primary N) is 1. The zero-order chi connectivity index (χ0) is 15.2. The van der Waals surface area contributed by atoms with Crippen LogP contribution in [0.3, 0.4) is 0 Å². The third-order valence-corrected chi connectivity index (χ3v) is 4.56. The lowest BCUT2D eigenvalue weighted by atomic mass is 10.0. The van der Waals surface area contributed by atoms with Crippen molar-refractivity contribution >= 4 is 11.6 Å². The van der Waals surface area contributed by atoms with Crippen LogP contribution in [-0.2, 0) is 4.79 Å². The minimum Gasteiger partial charge on any atom is -0.330 e. The zero-order valence-electron chi connectivity index (χ0n) is 13.1. The molecule has 1 aromatic carbocycles. The van der Waals surface area contributed by atoms with Crippen molar-refractivity contribution < 1.29 is 4.79 Å². The number of amides is 1. The molecule has 0 bridgehead atoms. The number of carbonyl (C=O) groups is 1. The molecule has 2 unspecified atom stereocenters. The quantitative estimate of drug-likeness (QED) is 0.845. The highest BCUT2D eigenvalue weighted by Gasteiger charge is 2.31. The van der Waals surface area contributed by atoms with E-state index >= 15 is 0 Å². The molecule has 0 aliphatic heterocycles. The highest BCUT2D eigenvalue weighted by molar-refractivity contribution is 5.92. The second-order valence-electron chi connectivity index (χ2n) is 5.92. The minimum absolute atomic E-state index is 0.0637. The SMILES string of the molecule is CCN(CC(=O)Nc1ccccc1C)C1CCCC1CN. The smallest absolute Gasteiger partial charge is 0.238 e. The lowest BCUT2D eigenvalue weighted by Gasteiger charge is -2.31. The van der Waals surface area contributed by atoms with Gasteiger partial charge in [-0.2, -0.15) is 0 Å². The Morgan fingerprint density at radius 3 is 2.81 bits per heavy atom. The van der Waals surface area contributed by atoms with Crippen LogP contribution in [0.25, 0.3) is 0 Å². The summed E-state index contributed by atoms with van der Waals surface area (Å²) in [5.41, 5.74) is 7.86. The average molecular weight is 289 g/mol. The first kappa shape index (κ1) is 16.0. The minimum atomic E-state index is 0.0637. The van der Waals surface area contributed by atoms with Gasteiger partial charge in [0, 0.05) is 11.7 Å². The first-order valence-electron chi connectivity index (χ1n) is 7.95. The van der Waals surface area contributed by atoms with Crippen LogP contribution in [0.1, 0.15) is 31.7 Å². The van der Waals surface area contributed by atoms with E-state index in [1.165, 1.54) is 12.8 Å². The molecule has 4 heteroatoms. The van der Waals surface area contributed by atoms with Gasteiger partial charge in [0.2, 0.25) is 5.91 Å². The van der Waals surface area contributed by atoms with E-state index in [-0.39, 0.29) is 5.91 Å². The van der Waals surface area contributed by atoms with Crippen molar-refractivity contribution in [2.24, 2.45) is 11.7 Å². The van der Waals surface area contributed by atoms with Gasteiger partial charge < -0.3 is 11.1 Å². The molecule has 3 N–H and O–H groups in total. The van der Waals surface area contributed by atoms with Crippen LogP contribution in [0.2, 0.25) is 0 Å². The van der Waals surface area contributed by atoms with Gasteiger partial charge in [-0.15, -0.1) is 0 Å². The van der Waals surface area contributed by atoms with Crippen LogP contribution >= 0.6 is 0 Å². The van der Waals surface area contributed by atoms with Gasteiger partial charge in [-0.1, -0.05) is 31.5 Å². The Bertz CT molecular complexity index is 475. The summed E-state index contributed by atoms with van der Waals surface area (Å²) >= 11 is 0. The molecule has 0 heterocycles. The Morgan fingerprint density at radius 2 is 2.14 bits per heavy atom. The fourth-order valence-corrected chi connectivity index (χ4v) is 3.32. The summed E-state index contributed by atoms with van der Waals surface area (Å²) in [4.78, 5) is 14.6. The molecule has 1 saturated carbocycles. The van der Waals surface area contributed by atoms with Crippen molar-refractivity contribution in [2.75, 3.05) is 25.0 Å². The van der Waals surface area contributed by atoms with E-state index < -0.39 is 0 Å². The van der Waals surface area contributed by atoms with Gasteiger partial charge in [0.05, 0.1) is 6.54 Å². The summed E-state index contributed by atoms with van der Waals surface area (Å²) in [5.74, 6) is 0.602. The number of likely N-dealkylation sites (N-methyl/N-ethyl adjacent to an activating group) is 1. The molecule has 0 saturated heterocycles. The third kappa shape index (κ3) is 4.05. The third-order valence-electron chi connectivity index (χ3n) is 4.56. The molecule has 1 aliphatic rings. The van der Waals surface area contributed by atoms with E-state index in [1.54, 1.807) is 0 Å². The van der Waals surface area contributed by atoms with E-state index in [0.29, 0.717) is 18.5 Å². The van der Waals surface area contributed by atoms with Gasteiger partial charge in [0.1, 0.15) is 0 Å². The molecule has 21 heavy (non-hydrogen) atoms. The highest BCUT2D eigenvalue weighted by Crippen LogP contribution is 2.29. The number of nitrogens with zero attached hydrogens (tertiary/aromatic N) is 1. The van der Waals surface area contributed by atoms with Crippen molar-refractivity contribution in [1.82, 2.24) is 4.90 Å². The molecule has 116 valence electrons. The number of aryl methyl sites for hydroxylation is 1. The molecule has 1 fully saturated rings. The van der Waals surface area contributed by atoms with E-state index in [1.807, 2.05) is 31.2 Å². The van der Waals surface area contributed by atoms with Crippen LogP contribution in [0.5, 0.6) is 0 Å². The summed E-state index contributed by atoms with van der Waals surface area (Å²) in [6.07, 6.45) is 3.58. The van der Waals surface area contributed by atoms with Gasteiger partial charge >= 0.3 is 0 Å². The Balaban J connectivity index is 1.95. The van der Waals surface area contributed by atoms with Crippen molar-refractivity contribution in [2.45, 2.75) is 39.2 Å². The Kier molecular flexibility index (Phi) is 5.76. The van der Waals surface area contributed by atoms with Gasteiger partial charge in [-0.25, -0.2) is 0 Å². The molecular weight excluding hydrogens is 262 g/mol. The largest absolute Gasteiger partial charge is 0.330 e. The lowest BCUT2D eigenvalue weighted by molar-refractivity contribution is -0.118. The van der Waals surface area contributed by atoms with Crippen molar-refractivity contribution in [1.29, 1.82) is 0 Å². The average Bonchev–Trinajstić information content (AvgIpc) is 2.95. The molecule has 1 amide bonds. The topological polar surface area (TPSA) is 58.4 Å². The number of carbonyl (C=O) groups excluding carboxylic acids is 1. The zero-order valence-corrected chi connectivity index (χ0v) is 13.1. The first-order chi connectivity index (χ1) is 10.2. The molecule has 2 rings (SSSR count). The Labute approximate surface area is 127 Å². The van der Waals surface area contributed by atoms with Gasteiger partial charge in [0.25, 0.3) is 0 Å². The molecule has 1 aromatic rings. The second-order valence-corrected chi connectivity index (χ2v) is 5.92. The van der Waals surface area contributed by atoms with Crippen LogP contribution in [0.15, 0.2) is 24.3 Å². The second kappa shape index (κ2) is 7.57. The van der Waals surface area contributed by atoms with Crippen LogP contribution in [0.4, 0.5) is 5.69 Å². The van der Waals surface area contributed by atoms with Crippen molar-refractivity contribution in [3.8, 4) is 0 Å². The maximum Gasteiger partial charge on any atom is 0.238 e. The fourth-order valence-electron chi connectivity index (χ4n) is 3.32. The Morgan fingerprint density at radius 1 is 1.38 bits per heavy atom. The summed E-state index contributed by atoms with van der Waals surface area (Å²) in [7, 11) is 0. The first-order valence-corrected chi connectivity index (χ1v) is 7.95. The number of anilines is 1. The van der Waals surface area contributed by atoms with E-state index in [0.717, 1.165) is 30.8 Å². The summed E-state index contributed by atoms with van der Waals surface area (Å²) in [6.45, 7) is 6.19. The molecule has 4 nitrogen and oxygen atoms in total. The van der Waals surface area contributed by atoms with E-state index in [9.17, 15) is 4.79 Å². The normalized spacial score (nSPS) is 21.7. The van der Waals surface area contributed by atoms with Gasteiger partial charge in [-0.05, 0) is 50.4 Å². The number of rotatable bonds is 6. The van der Waals surface area contributed by atoms with Gasteiger partial charge in [-0.3, -0.25) is 9.69 Å². The monoisotopic (exact) mass is 289 g/mol. The van der Waals surface area contributed by atoms with E-state index in [2.05, 4.69) is 17.1 Å². The molecule has 2 atom stereocenters. The number of benzene rings is 1. The summed E-state index contributed by atoms with van der Waals surface area (Å²) < 4.78 is 0. The maximum atomic E-state index is 12.3. The van der Waals surface area contributed by atoms with E-state index in [4.69, 9.17) is 5.73 Å². The molecule has 0 spiro atoms. The molecular formula is C17H27N3O. The Hall–Kier alpha value is -1.39. The lowest BCUT2D eigenvalue weighted by Crippen LogP contribution is -2.44. The predicted octanol–water partition coefficient (Wildman–Crippen LogP) is 2.38. The van der Waals surface area contributed by atoms with Crippen molar-refractivity contribution in [3.63, 3.8) is 0 Å². The number of para-hydroxylation sites is 1. The number of nitrogens with one attached hydrogen (secondary N) is 1. The molecule has 1 aliphatic carbocycles.